The zero-order chi connectivity index (χ0) is 13.5. The van der Waals surface area contributed by atoms with Crippen molar-refractivity contribution in [2.24, 2.45) is 0 Å². The van der Waals surface area contributed by atoms with Crippen LogP contribution in [0.25, 0.3) is 0 Å². The number of amides is 1. The second kappa shape index (κ2) is 7.33. The largest absolute Gasteiger partial charge is 0.394 e. The summed E-state index contributed by atoms with van der Waals surface area (Å²) in [6, 6.07) is 13.1. The van der Waals surface area contributed by atoms with E-state index in [1.165, 1.54) is 11.8 Å². The van der Waals surface area contributed by atoms with Crippen molar-refractivity contribution in [1.82, 2.24) is 5.32 Å². The topological polar surface area (TPSA) is 49.3 Å². The highest BCUT2D eigenvalue weighted by molar-refractivity contribution is 8.01. The number of rotatable bonds is 6. The summed E-state index contributed by atoms with van der Waals surface area (Å²) >= 11 is 3.13. The van der Waals surface area contributed by atoms with Gasteiger partial charge in [-0.3, -0.25) is 4.79 Å². The predicted molar refractivity (Wildman–Crippen MR) is 79.5 cm³/mol. The first kappa shape index (κ1) is 14.1. The summed E-state index contributed by atoms with van der Waals surface area (Å²) in [6.45, 7) is -0.0978. The first-order valence-corrected chi connectivity index (χ1v) is 7.77. The van der Waals surface area contributed by atoms with E-state index >= 15 is 0 Å². The van der Waals surface area contributed by atoms with E-state index in [0.29, 0.717) is 5.75 Å². The summed E-state index contributed by atoms with van der Waals surface area (Å²) in [6.07, 6.45) is 0. The maximum absolute atomic E-state index is 11.8. The highest BCUT2D eigenvalue weighted by Crippen LogP contribution is 2.23. The van der Waals surface area contributed by atoms with E-state index in [-0.39, 0.29) is 18.6 Å². The van der Waals surface area contributed by atoms with Crippen LogP contribution in [0.2, 0.25) is 0 Å². The molecule has 0 saturated carbocycles. The lowest BCUT2D eigenvalue weighted by atomic mass is 10.1. The van der Waals surface area contributed by atoms with Gasteiger partial charge in [0, 0.05) is 0 Å². The lowest BCUT2D eigenvalue weighted by molar-refractivity contribution is -0.119. The zero-order valence-corrected chi connectivity index (χ0v) is 11.9. The summed E-state index contributed by atoms with van der Waals surface area (Å²) in [5.74, 6) is 0.297. The maximum atomic E-state index is 11.8. The van der Waals surface area contributed by atoms with Gasteiger partial charge < -0.3 is 10.4 Å². The Balaban J connectivity index is 1.86. The molecule has 2 aromatic rings. The molecule has 0 aliphatic carbocycles. The zero-order valence-electron chi connectivity index (χ0n) is 10.3. The van der Waals surface area contributed by atoms with Crippen LogP contribution in [0, 0.1) is 0 Å². The minimum atomic E-state index is -0.336. The number of nitrogens with one attached hydrogen (secondary N) is 1. The van der Waals surface area contributed by atoms with Crippen LogP contribution in [0.15, 0.2) is 52.1 Å². The molecule has 2 N–H and O–H groups in total. The van der Waals surface area contributed by atoms with Crippen LogP contribution >= 0.6 is 23.1 Å². The second-order valence-electron chi connectivity index (χ2n) is 3.93. The molecule has 0 spiro atoms. The Hall–Kier alpha value is -1.30. The number of thioether (sulfide) groups is 1. The van der Waals surface area contributed by atoms with E-state index in [0.717, 1.165) is 9.77 Å². The quantitative estimate of drug-likeness (QED) is 0.805. The van der Waals surface area contributed by atoms with E-state index in [1.54, 1.807) is 11.3 Å². The fraction of sp³-hybridized carbons (Fsp3) is 0.214. The third-order valence-electron chi connectivity index (χ3n) is 2.56. The molecule has 0 radical (unpaired) electrons. The third kappa shape index (κ3) is 4.38. The lowest BCUT2D eigenvalue weighted by Gasteiger charge is -2.16. The van der Waals surface area contributed by atoms with E-state index in [1.807, 2.05) is 47.8 Å². The number of aliphatic hydroxyl groups is 1. The molecule has 19 heavy (non-hydrogen) atoms. The molecule has 100 valence electrons. The van der Waals surface area contributed by atoms with Crippen molar-refractivity contribution in [1.29, 1.82) is 0 Å². The van der Waals surface area contributed by atoms with Crippen LogP contribution in [-0.4, -0.2) is 23.4 Å². The molecule has 0 aliphatic heterocycles. The van der Waals surface area contributed by atoms with Crippen molar-refractivity contribution in [3.05, 3.63) is 53.4 Å². The lowest BCUT2D eigenvalue weighted by Crippen LogP contribution is -2.32. The summed E-state index contributed by atoms with van der Waals surface area (Å²) < 4.78 is 1.12. The van der Waals surface area contributed by atoms with Gasteiger partial charge in [0.15, 0.2) is 0 Å². The normalized spacial score (nSPS) is 12.1. The second-order valence-corrected chi connectivity index (χ2v) is 6.16. The summed E-state index contributed by atoms with van der Waals surface area (Å²) in [4.78, 5) is 11.8. The molecule has 0 saturated heterocycles. The molecule has 1 atom stereocenters. The Morgan fingerprint density at radius 1 is 1.26 bits per heavy atom. The maximum Gasteiger partial charge on any atom is 0.230 e. The molecule has 0 fully saturated rings. The van der Waals surface area contributed by atoms with Crippen molar-refractivity contribution in [3.63, 3.8) is 0 Å². The van der Waals surface area contributed by atoms with Gasteiger partial charge in [0.05, 0.1) is 22.6 Å². The summed E-state index contributed by atoms with van der Waals surface area (Å²) in [7, 11) is 0. The molecule has 0 aliphatic rings. The number of benzene rings is 1. The molecule has 1 aromatic heterocycles. The minimum Gasteiger partial charge on any atom is -0.394 e. The van der Waals surface area contributed by atoms with Crippen LogP contribution in [0.4, 0.5) is 0 Å². The molecule has 1 amide bonds. The molecule has 0 bridgehead atoms. The number of thiophene rings is 1. The van der Waals surface area contributed by atoms with Gasteiger partial charge in [-0.2, -0.15) is 0 Å². The Labute approximate surface area is 120 Å². The standard InChI is InChI=1S/C14H15NO2S2/c16-9-12(11-5-2-1-3-6-11)15-13(17)10-19-14-7-4-8-18-14/h1-8,12,16H,9-10H2,(H,15,17)/t12-/m0/s1. The smallest absolute Gasteiger partial charge is 0.230 e. The molecule has 1 aromatic carbocycles. The van der Waals surface area contributed by atoms with Gasteiger partial charge in [0.25, 0.3) is 0 Å². The highest BCUT2D eigenvalue weighted by atomic mass is 32.2. The monoisotopic (exact) mass is 293 g/mol. The van der Waals surface area contributed by atoms with Gasteiger partial charge in [0.2, 0.25) is 5.91 Å². The van der Waals surface area contributed by atoms with E-state index in [2.05, 4.69) is 5.32 Å². The SMILES string of the molecule is O=C(CSc1cccs1)N[C@@H](CO)c1ccccc1. The predicted octanol–water partition coefficient (Wildman–Crippen LogP) is 2.69. The summed E-state index contributed by atoms with van der Waals surface area (Å²) in [5.41, 5.74) is 0.916. The van der Waals surface area contributed by atoms with Crippen molar-refractivity contribution in [2.45, 2.75) is 10.3 Å². The van der Waals surface area contributed by atoms with Crippen molar-refractivity contribution < 1.29 is 9.90 Å². The number of carbonyl (C=O) groups is 1. The molecule has 2 rings (SSSR count). The molecular formula is C14H15NO2S2. The van der Waals surface area contributed by atoms with Gasteiger partial charge >= 0.3 is 0 Å². The Bertz CT molecular complexity index is 499. The Morgan fingerprint density at radius 2 is 2.05 bits per heavy atom. The van der Waals surface area contributed by atoms with Crippen LogP contribution in [0.5, 0.6) is 0 Å². The number of hydrogen-bond acceptors (Lipinski definition) is 4. The highest BCUT2D eigenvalue weighted by Gasteiger charge is 2.13. The molecule has 0 unspecified atom stereocenters. The molecule has 3 nitrogen and oxygen atoms in total. The third-order valence-corrected chi connectivity index (χ3v) is 4.69. The van der Waals surface area contributed by atoms with Gasteiger partial charge in [0.1, 0.15) is 0 Å². The van der Waals surface area contributed by atoms with Crippen LogP contribution in [-0.2, 0) is 4.79 Å². The van der Waals surface area contributed by atoms with Gasteiger partial charge in [-0.05, 0) is 17.0 Å². The van der Waals surface area contributed by atoms with Crippen molar-refractivity contribution in [2.75, 3.05) is 12.4 Å². The van der Waals surface area contributed by atoms with Gasteiger partial charge in [-0.25, -0.2) is 0 Å². The van der Waals surface area contributed by atoms with Gasteiger partial charge in [-0.1, -0.05) is 36.4 Å². The number of carbonyl (C=O) groups excluding carboxylic acids is 1. The first-order valence-electron chi connectivity index (χ1n) is 5.91. The Morgan fingerprint density at radius 3 is 2.68 bits per heavy atom. The van der Waals surface area contributed by atoms with E-state index in [4.69, 9.17) is 0 Å². The van der Waals surface area contributed by atoms with Crippen LogP contribution in [0.1, 0.15) is 11.6 Å². The average Bonchev–Trinajstić information content (AvgIpc) is 2.97. The summed E-state index contributed by atoms with van der Waals surface area (Å²) in [5, 5.41) is 14.2. The van der Waals surface area contributed by atoms with Crippen LogP contribution in [0.3, 0.4) is 0 Å². The molecular weight excluding hydrogens is 278 g/mol. The fourth-order valence-corrected chi connectivity index (χ4v) is 3.23. The fourth-order valence-electron chi connectivity index (χ4n) is 1.64. The first-order chi connectivity index (χ1) is 9.29. The van der Waals surface area contributed by atoms with E-state index < -0.39 is 0 Å². The van der Waals surface area contributed by atoms with Crippen molar-refractivity contribution in [3.8, 4) is 0 Å². The van der Waals surface area contributed by atoms with Crippen LogP contribution < -0.4 is 5.32 Å². The van der Waals surface area contributed by atoms with E-state index in [9.17, 15) is 9.90 Å². The molecule has 5 heteroatoms. The number of hydrogen-bond donors (Lipinski definition) is 2. The van der Waals surface area contributed by atoms with Crippen molar-refractivity contribution >= 4 is 29.0 Å². The molecule has 1 heterocycles. The van der Waals surface area contributed by atoms with Gasteiger partial charge in [-0.15, -0.1) is 23.1 Å². The number of aliphatic hydroxyl groups excluding tert-OH is 1. The minimum absolute atomic E-state index is 0.0682. The average molecular weight is 293 g/mol. The Kier molecular flexibility index (Phi) is 5.44.